The normalized spacial score (nSPS) is 17.3. The molecule has 24 heavy (non-hydrogen) atoms. The van der Waals surface area contributed by atoms with Gasteiger partial charge in [-0.2, -0.15) is 0 Å². The highest BCUT2D eigenvalue weighted by atomic mass is 35.5. The van der Waals surface area contributed by atoms with E-state index in [1.165, 1.54) is 0 Å². The minimum Gasteiger partial charge on any atom is -0.492 e. The van der Waals surface area contributed by atoms with E-state index in [9.17, 15) is 4.79 Å². The highest BCUT2D eigenvalue weighted by molar-refractivity contribution is 6.30. The number of carbonyl (C=O) groups is 1. The number of hydrogen-bond acceptors (Lipinski definition) is 3. The highest BCUT2D eigenvalue weighted by Gasteiger charge is 2.23. The zero-order chi connectivity index (χ0) is 16.9. The van der Waals surface area contributed by atoms with Gasteiger partial charge in [0.2, 0.25) is 0 Å². The molecule has 1 N–H and O–H groups in total. The van der Waals surface area contributed by atoms with Crippen molar-refractivity contribution in [2.75, 3.05) is 11.9 Å². The van der Waals surface area contributed by atoms with Gasteiger partial charge in [0, 0.05) is 23.2 Å². The summed E-state index contributed by atoms with van der Waals surface area (Å²) in [5, 5.41) is 4.06. The van der Waals surface area contributed by atoms with E-state index in [4.69, 9.17) is 16.3 Å². The third-order valence-corrected chi connectivity index (χ3v) is 4.29. The van der Waals surface area contributed by atoms with E-state index in [-0.39, 0.29) is 11.7 Å². The van der Waals surface area contributed by atoms with Crippen molar-refractivity contribution >= 4 is 23.1 Å². The summed E-state index contributed by atoms with van der Waals surface area (Å²) in [5.41, 5.74) is 2.88. The molecule has 3 nitrogen and oxygen atoms in total. The van der Waals surface area contributed by atoms with Crippen molar-refractivity contribution in [2.24, 2.45) is 0 Å². The van der Waals surface area contributed by atoms with Crippen LogP contribution in [0.25, 0.3) is 0 Å². The summed E-state index contributed by atoms with van der Waals surface area (Å²) < 4.78 is 5.64. The Hall–Kier alpha value is -2.26. The molecular formula is C20H20ClNO2. The quantitative estimate of drug-likeness (QED) is 0.814. The number of benzene rings is 2. The van der Waals surface area contributed by atoms with Crippen molar-refractivity contribution in [2.45, 2.75) is 25.7 Å². The first-order chi connectivity index (χ1) is 11.7. The van der Waals surface area contributed by atoms with E-state index in [1.54, 1.807) is 6.08 Å². The van der Waals surface area contributed by atoms with Gasteiger partial charge in [0.15, 0.2) is 5.78 Å². The Balaban J connectivity index is 1.80. The minimum atomic E-state index is 0.127. The second-order valence-electron chi connectivity index (χ2n) is 5.85. The van der Waals surface area contributed by atoms with Gasteiger partial charge in [-0.1, -0.05) is 35.9 Å². The average molecular weight is 342 g/mol. The summed E-state index contributed by atoms with van der Waals surface area (Å²) in [5.74, 6) is 1.06. The van der Waals surface area contributed by atoms with Crippen molar-refractivity contribution in [3.05, 3.63) is 70.9 Å². The molecule has 0 amide bonds. The Morgan fingerprint density at radius 2 is 2.00 bits per heavy atom. The third-order valence-electron chi connectivity index (χ3n) is 4.05. The standard InChI is InChI=1S/C20H20ClNO2/c1-2-24-20-9-4-3-8-19(20)22-17-11-15(12-18(23)13-17)14-6-5-7-16(21)10-14/h3-10,13,15,22H,2,11-12H2,1H3/t15-/m0/s1. The lowest BCUT2D eigenvalue weighted by Gasteiger charge is -2.24. The maximum atomic E-state index is 12.2. The lowest BCUT2D eigenvalue weighted by Crippen LogP contribution is -2.17. The summed E-state index contributed by atoms with van der Waals surface area (Å²) in [7, 11) is 0. The van der Waals surface area contributed by atoms with E-state index in [0.29, 0.717) is 18.1 Å². The number of anilines is 1. The molecule has 124 valence electrons. The Labute approximate surface area is 147 Å². The fourth-order valence-electron chi connectivity index (χ4n) is 3.00. The van der Waals surface area contributed by atoms with Crippen molar-refractivity contribution in [1.82, 2.24) is 0 Å². The molecule has 0 bridgehead atoms. The number of para-hydroxylation sites is 2. The molecule has 0 heterocycles. The van der Waals surface area contributed by atoms with Crippen molar-refractivity contribution in [1.29, 1.82) is 0 Å². The summed E-state index contributed by atoms with van der Waals surface area (Å²) in [6.07, 6.45) is 2.98. The maximum absolute atomic E-state index is 12.2. The van der Waals surface area contributed by atoms with Gasteiger partial charge in [-0.25, -0.2) is 0 Å². The molecule has 0 aromatic heterocycles. The fraction of sp³-hybridized carbons (Fsp3) is 0.250. The predicted octanol–water partition coefficient (Wildman–Crippen LogP) is 5.18. The van der Waals surface area contributed by atoms with Gasteiger partial charge in [-0.3, -0.25) is 4.79 Å². The Morgan fingerprint density at radius 1 is 1.17 bits per heavy atom. The van der Waals surface area contributed by atoms with Crippen LogP contribution in [0.2, 0.25) is 5.02 Å². The molecule has 1 atom stereocenters. The fourth-order valence-corrected chi connectivity index (χ4v) is 3.20. The smallest absolute Gasteiger partial charge is 0.158 e. The van der Waals surface area contributed by atoms with Crippen molar-refractivity contribution < 1.29 is 9.53 Å². The van der Waals surface area contributed by atoms with Crippen molar-refractivity contribution in [3.8, 4) is 5.75 Å². The van der Waals surface area contributed by atoms with Crippen LogP contribution in [-0.4, -0.2) is 12.4 Å². The van der Waals surface area contributed by atoms with Gasteiger partial charge < -0.3 is 10.1 Å². The zero-order valence-corrected chi connectivity index (χ0v) is 14.3. The van der Waals surface area contributed by atoms with E-state index >= 15 is 0 Å². The number of hydrogen-bond donors (Lipinski definition) is 1. The van der Waals surface area contributed by atoms with Crippen LogP contribution in [0.15, 0.2) is 60.3 Å². The SMILES string of the molecule is CCOc1ccccc1NC1=CC(=O)C[C@@H](c2cccc(Cl)c2)C1. The number of halogens is 1. The lowest BCUT2D eigenvalue weighted by molar-refractivity contribution is -0.115. The summed E-state index contributed by atoms with van der Waals surface area (Å²) in [4.78, 5) is 12.2. The largest absolute Gasteiger partial charge is 0.492 e. The number of allylic oxidation sites excluding steroid dienone is 2. The molecule has 4 heteroatoms. The van der Waals surface area contributed by atoms with Crippen LogP contribution in [0.1, 0.15) is 31.2 Å². The Morgan fingerprint density at radius 3 is 2.79 bits per heavy atom. The summed E-state index contributed by atoms with van der Waals surface area (Å²) >= 11 is 6.09. The van der Waals surface area contributed by atoms with Crippen LogP contribution in [-0.2, 0) is 4.79 Å². The number of ketones is 1. The van der Waals surface area contributed by atoms with E-state index in [2.05, 4.69) is 5.32 Å². The number of rotatable bonds is 5. The summed E-state index contributed by atoms with van der Waals surface area (Å²) in [6, 6.07) is 15.5. The van der Waals surface area contributed by atoms with Gasteiger partial charge in [0.05, 0.1) is 12.3 Å². The molecule has 0 saturated carbocycles. The van der Waals surface area contributed by atoms with Crippen molar-refractivity contribution in [3.63, 3.8) is 0 Å². The number of ether oxygens (including phenoxy) is 1. The molecular weight excluding hydrogens is 322 g/mol. The topological polar surface area (TPSA) is 38.3 Å². The summed E-state index contributed by atoms with van der Waals surface area (Å²) in [6.45, 7) is 2.55. The molecule has 0 aliphatic heterocycles. The number of nitrogens with one attached hydrogen (secondary N) is 1. The van der Waals surface area contributed by atoms with Gasteiger partial charge in [0.1, 0.15) is 5.75 Å². The zero-order valence-electron chi connectivity index (χ0n) is 13.6. The monoisotopic (exact) mass is 341 g/mol. The first kappa shape index (κ1) is 16.6. The van der Waals surface area contributed by atoms with Crippen LogP contribution in [0.4, 0.5) is 5.69 Å². The minimum absolute atomic E-state index is 0.127. The molecule has 0 fully saturated rings. The average Bonchev–Trinajstić information content (AvgIpc) is 2.56. The van der Waals surface area contributed by atoms with Gasteiger partial charge in [0.25, 0.3) is 0 Å². The molecule has 0 unspecified atom stereocenters. The van der Waals surface area contributed by atoms with Gasteiger partial charge >= 0.3 is 0 Å². The van der Waals surface area contributed by atoms with Gasteiger partial charge in [-0.05, 0) is 49.1 Å². The molecule has 0 saturated heterocycles. The van der Waals surface area contributed by atoms with Crippen LogP contribution in [0.3, 0.4) is 0 Å². The second kappa shape index (κ2) is 7.54. The Bertz CT molecular complexity index is 770. The van der Waals surface area contributed by atoms with Crippen LogP contribution in [0.5, 0.6) is 5.75 Å². The molecule has 0 radical (unpaired) electrons. The molecule has 2 aromatic carbocycles. The van der Waals surface area contributed by atoms with E-state index < -0.39 is 0 Å². The molecule has 0 spiro atoms. The van der Waals surface area contributed by atoms with E-state index in [0.717, 1.165) is 29.1 Å². The molecule has 1 aliphatic rings. The second-order valence-corrected chi connectivity index (χ2v) is 6.29. The lowest BCUT2D eigenvalue weighted by atomic mass is 9.85. The van der Waals surface area contributed by atoms with Crippen LogP contribution in [0, 0.1) is 0 Å². The highest BCUT2D eigenvalue weighted by Crippen LogP contribution is 2.34. The first-order valence-electron chi connectivity index (χ1n) is 8.13. The van der Waals surface area contributed by atoms with E-state index in [1.807, 2.05) is 55.5 Å². The first-order valence-corrected chi connectivity index (χ1v) is 8.51. The van der Waals surface area contributed by atoms with Gasteiger partial charge in [-0.15, -0.1) is 0 Å². The predicted molar refractivity (Wildman–Crippen MR) is 97.8 cm³/mol. The van der Waals surface area contributed by atoms with Crippen LogP contribution < -0.4 is 10.1 Å². The van der Waals surface area contributed by atoms with Crippen LogP contribution >= 0.6 is 11.6 Å². The third kappa shape index (κ3) is 3.98. The Kier molecular flexibility index (Phi) is 5.21. The number of carbonyl (C=O) groups excluding carboxylic acids is 1. The molecule has 1 aliphatic carbocycles. The molecule has 3 rings (SSSR count). The maximum Gasteiger partial charge on any atom is 0.158 e. The molecule has 2 aromatic rings.